The smallest absolute Gasteiger partial charge is 0.320 e. The first-order chi connectivity index (χ1) is 33.4. The van der Waals surface area contributed by atoms with E-state index in [4.69, 9.17) is 75.3 Å². The van der Waals surface area contributed by atoms with Gasteiger partial charge in [-0.15, -0.1) is 0 Å². The SMILES string of the molecule is CC(C)C[C@H](N)C(=O)O.CC(C)[C@H](N)C(=O)O.CSCC[C@H](N)C(=O)O.C[C@H](N)C(=O)O.NCC(=O)O.N[C@@H](Cc1c[nH]c2ccccc12)C(=O)O.N[C@@H](Cc1ccccc1)C(=O)O.O=C(O)[C@@H]1CCCN1. The Morgan fingerprint density at radius 1 is 0.639 bits per heavy atom. The molecule has 0 unspecified atom stereocenters. The highest BCUT2D eigenvalue weighted by Gasteiger charge is 2.20. The van der Waals surface area contributed by atoms with Gasteiger partial charge in [-0.3, -0.25) is 38.4 Å². The predicted molar refractivity (Wildman–Crippen MR) is 274 cm³/mol. The second-order valence-corrected chi connectivity index (χ2v) is 17.2. The topological polar surface area (TPSA) is 508 Å². The van der Waals surface area contributed by atoms with Crippen LogP contribution in [0, 0.1) is 11.8 Å². The van der Waals surface area contributed by atoms with Crippen molar-refractivity contribution < 1.29 is 79.2 Å². The van der Waals surface area contributed by atoms with E-state index in [0.717, 1.165) is 47.2 Å². The molecule has 7 atom stereocenters. The number of aliphatic carboxylic acids is 8. The number of fused-ring (bicyclic) bond motifs is 1. The van der Waals surface area contributed by atoms with E-state index in [1.165, 1.54) is 6.92 Å². The van der Waals surface area contributed by atoms with Crippen LogP contribution in [0.4, 0.5) is 0 Å². The summed E-state index contributed by atoms with van der Waals surface area (Å²) in [6.07, 6.45) is 7.36. The van der Waals surface area contributed by atoms with Crippen LogP contribution in [-0.4, -0.2) is 161 Å². The van der Waals surface area contributed by atoms with Crippen molar-refractivity contribution in [2.75, 3.05) is 25.1 Å². The fourth-order valence-corrected chi connectivity index (χ4v) is 5.23. The number of rotatable bonds is 18. The number of carboxylic acid groups (broad SMARTS) is 8. The first kappa shape index (κ1) is 72.3. The third-order valence-electron chi connectivity index (χ3n) is 8.97. The summed E-state index contributed by atoms with van der Waals surface area (Å²) >= 11 is 1.60. The number of hydrogen-bond acceptors (Lipinski definition) is 17. The van der Waals surface area contributed by atoms with Crippen molar-refractivity contribution in [3.8, 4) is 0 Å². The highest BCUT2D eigenvalue weighted by atomic mass is 32.2. The van der Waals surface area contributed by atoms with Crippen molar-refractivity contribution >= 4 is 70.4 Å². The average molecular weight is 1050 g/mol. The highest BCUT2D eigenvalue weighted by Crippen LogP contribution is 2.18. The molecule has 0 amide bonds. The van der Waals surface area contributed by atoms with Gasteiger partial charge in [-0.2, -0.15) is 11.8 Å². The Kier molecular flexibility index (Phi) is 42.6. The number of hydrogen-bond donors (Lipinski definition) is 17. The van der Waals surface area contributed by atoms with Gasteiger partial charge in [-0.1, -0.05) is 76.2 Å². The molecular formula is C46H79N9O16S. The van der Waals surface area contributed by atoms with Crippen molar-refractivity contribution in [2.24, 2.45) is 52.0 Å². The molecule has 0 saturated carbocycles. The largest absolute Gasteiger partial charge is 0.480 e. The first-order valence-corrected chi connectivity index (χ1v) is 23.6. The summed E-state index contributed by atoms with van der Waals surface area (Å²) in [5, 5.41) is 69.8. The van der Waals surface area contributed by atoms with Crippen LogP contribution in [-0.2, 0) is 51.2 Å². The number of nitrogens with one attached hydrogen (secondary N) is 2. The van der Waals surface area contributed by atoms with E-state index in [-0.39, 0.29) is 18.5 Å². The van der Waals surface area contributed by atoms with Crippen LogP contribution in [0.5, 0.6) is 0 Å². The molecule has 1 aromatic heterocycles. The molecule has 25 nitrogen and oxygen atoms in total. The Labute approximate surface area is 423 Å². The van der Waals surface area contributed by atoms with Crippen LogP contribution < -0.4 is 45.5 Å². The van der Waals surface area contributed by atoms with Gasteiger partial charge >= 0.3 is 47.8 Å². The maximum Gasteiger partial charge on any atom is 0.320 e. The number of para-hydroxylation sites is 1. The molecule has 1 fully saturated rings. The second-order valence-electron chi connectivity index (χ2n) is 16.3. The molecule has 26 heteroatoms. The molecule has 2 heterocycles. The van der Waals surface area contributed by atoms with Gasteiger partial charge in [0.1, 0.15) is 42.3 Å². The van der Waals surface area contributed by atoms with Crippen LogP contribution in [0.25, 0.3) is 10.9 Å². The Morgan fingerprint density at radius 2 is 1.10 bits per heavy atom. The van der Waals surface area contributed by atoms with Gasteiger partial charge in [0.2, 0.25) is 0 Å². The maximum atomic E-state index is 10.6. The van der Waals surface area contributed by atoms with Crippen molar-refractivity contribution in [1.82, 2.24) is 10.3 Å². The lowest BCUT2D eigenvalue weighted by Crippen LogP contribution is -2.34. The maximum absolute atomic E-state index is 10.6. The number of benzene rings is 2. The molecule has 24 N–H and O–H groups in total. The monoisotopic (exact) mass is 1050 g/mol. The number of H-pyrrole nitrogens is 1. The average Bonchev–Trinajstić information content (AvgIpc) is 4.01. The van der Waals surface area contributed by atoms with E-state index in [1.54, 1.807) is 25.6 Å². The van der Waals surface area contributed by atoms with Gasteiger partial charge in [-0.05, 0) is 86.6 Å². The zero-order chi connectivity index (χ0) is 56.7. The highest BCUT2D eigenvalue weighted by molar-refractivity contribution is 7.98. The number of nitrogens with two attached hydrogens (primary N) is 7. The molecule has 3 aromatic rings. The molecule has 0 bridgehead atoms. The van der Waals surface area contributed by atoms with E-state index < -0.39 is 84.0 Å². The second kappa shape index (κ2) is 42.5. The Balaban J connectivity index is -0.000000376. The van der Waals surface area contributed by atoms with Gasteiger partial charge in [0.05, 0.1) is 6.54 Å². The molecule has 0 radical (unpaired) electrons. The summed E-state index contributed by atoms with van der Waals surface area (Å²) in [7, 11) is 0. The van der Waals surface area contributed by atoms with Crippen molar-refractivity contribution in [2.45, 2.75) is 115 Å². The molecule has 72 heavy (non-hydrogen) atoms. The molecule has 0 spiro atoms. The van der Waals surface area contributed by atoms with Gasteiger partial charge in [-0.25, -0.2) is 0 Å². The minimum atomic E-state index is -0.972. The van der Waals surface area contributed by atoms with Crippen molar-refractivity contribution in [1.29, 1.82) is 0 Å². The normalized spacial score (nSPS) is 14.5. The molecule has 0 aliphatic carbocycles. The minimum absolute atomic E-state index is 0.0208. The van der Waals surface area contributed by atoms with E-state index in [9.17, 15) is 38.4 Å². The summed E-state index contributed by atoms with van der Waals surface area (Å²) in [5.74, 6) is -6.15. The van der Waals surface area contributed by atoms with Crippen molar-refractivity contribution in [3.05, 3.63) is 71.9 Å². The predicted octanol–water partition coefficient (Wildman–Crippen LogP) is 0.684. The third kappa shape index (κ3) is 40.5. The summed E-state index contributed by atoms with van der Waals surface area (Å²) in [5.41, 5.74) is 38.7. The number of thioether (sulfide) groups is 1. The van der Waals surface area contributed by atoms with E-state index in [2.05, 4.69) is 16.0 Å². The summed E-state index contributed by atoms with van der Waals surface area (Å²) in [4.78, 5) is 83.2. The van der Waals surface area contributed by atoms with E-state index >= 15 is 0 Å². The zero-order valence-corrected chi connectivity index (χ0v) is 42.4. The Hall–Kier alpha value is -6.23. The Morgan fingerprint density at radius 3 is 1.42 bits per heavy atom. The lowest BCUT2D eigenvalue weighted by atomic mass is 10.1. The van der Waals surface area contributed by atoms with Gasteiger partial charge in [0.25, 0.3) is 0 Å². The van der Waals surface area contributed by atoms with Gasteiger partial charge in [0, 0.05) is 23.5 Å². The first-order valence-electron chi connectivity index (χ1n) is 22.2. The van der Waals surface area contributed by atoms with E-state index in [1.807, 2.05) is 80.9 Å². The molecule has 4 rings (SSSR count). The fourth-order valence-electron chi connectivity index (χ4n) is 4.74. The molecule has 1 aliphatic heterocycles. The number of aromatic amines is 1. The molecule has 1 saturated heterocycles. The summed E-state index contributed by atoms with van der Waals surface area (Å²) < 4.78 is 0. The zero-order valence-electron chi connectivity index (χ0n) is 41.6. The van der Waals surface area contributed by atoms with Crippen LogP contribution >= 0.6 is 11.8 Å². The standard InChI is InChI=1S/C11H12N2O2.C9H11NO2.C6H13NO2.C5H11NO2S.C5H9NO2.C5H11NO2.C3H7NO2.C2H5NO2/c12-9(11(14)15)5-7-6-13-10-4-2-1-3-8(7)10;10-8(9(11)12)6-7-4-2-1-3-5-7;1-4(2)3-5(7)6(8)9;1-9-3-2-4(6)5(7)8;7-5(8)4-2-1-3-6-4;1-3(2)4(6)5(7)8;1-2(4)3(5)6;3-1-2(4)5/h1-4,6,9,13H,5,12H2,(H,14,15);1-5,8H,6,10H2,(H,11,12);4-5H,3,7H2,1-2H3,(H,8,9);4H,2-3,6H2,1H3,(H,7,8);4,6H,1-3H2,(H,7,8);3-4H,6H2,1-2H3,(H,7,8);2H,4H2,1H3,(H,5,6);1,3H2,(H,4,5)/t9-;8-;5-;3*4-;2-;/m0000000./s1. The van der Waals surface area contributed by atoms with Gasteiger partial charge < -0.3 is 91.3 Å². The quantitative estimate of drug-likeness (QED) is 0.0833. The number of carbonyl (C=O) groups is 8. The van der Waals surface area contributed by atoms with Crippen LogP contribution in [0.2, 0.25) is 0 Å². The van der Waals surface area contributed by atoms with Crippen molar-refractivity contribution in [3.63, 3.8) is 0 Å². The molecule has 410 valence electrons. The lowest BCUT2D eigenvalue weighted by molar-refractivity contribution is -0.140. The van der Waals surface area contributed by atoms with Crippen LogP contribution in [0.3, 0.4) is 0 Å². The lowest BCUT2D eigenvalue weighted by Gasteiger charge is -2.07. The molecule has 1 aliphatic rings. The van der Waals surface area contributed by atoms with E-state index in [0.29, 0.717) is 31.6 Å². The van der Waals surface area contributed by atoms with Crippen LogP contribution in [0.1, 0.15) is 71.4 Å². The minimum Gasteiger partial charge on any atom is -0.480 e. The summed E-state index contributed by atoms with van der Waals surface area (Å²) in [6, 6.07) is 12.4. The third-order valence-corrected chi connectivity index (χ3v) is 9.61. The number of aromatic nitrogens is 1. The summed E-state index contributed by atoms with van der Waals surface area (Å²) in [6.45, 7) is 9.45. The van der Waals surface area contributed by atoms with Gasteiger partial charge in [0.15, 0.2) is 0 Å². The number of carboxylic acids is 8. The van der Waals surface area contributed by atoms with Crippen LogP contribution in [0.15, 0.2) is 60.8 Å². The molecular weight excluding hydrogens is 967 g/mol. The Bertz CT molecular complexity index is 1990. The molecule has 2 aromatic carbocycles. The fraction of sp³-hybridized carbons (Fsp3) is 0.522.